The summed E-state index contributed by atoms with van der Waals surface area (Å²) < 4.78 is 5.66. The minimum Gasteiger partial charge on any atom is -0.481 e. The molecule has 21 heavy (non-hydrogen) atoms. The van der Waals surface area contributed by atoms with Gasteiger partial charge in [-0.25, -0.2) is 0 Å². The maximum atomic E-state index is 12.2. The van der Waals surface area contributed by atoms with Gasteiger partial charge in [0.25, 0.3) is 5.91 Å². The largest absolute Gasteiger partial charge is 0.481 e. The highest BCUT2D eigenvalue weighted by atomic mass is 16.5. The molecule has 0 aromatic heterocycles. The summed E-state index contributed by atoms with van der Waals surface area (Å²) in [7, 11) is 0. The summed E-state index contributed by atoms with van der Waals surface area (Å²) in [6.07, 6.45) is -0.549. The molecule has 0 radical (unpaired) electrons. The van der Waals surface area contributed by atoms with Gasteiger partial charge in [-0.1, -0.05) is 29.8 Å². The van der Waals surface area contributed by atoms with E-state index in [9.17, 15) is 4.79 Å². The number of carbonyl (C=O) groups is 1. The predicted octanol–water partition coefficient (Wildman–Crippen LogP) is 4.02. The topological polar surface area (TPSA) is 38.3 Å². The van der Waals surface area contributed by atoms with Crippen molar-refractivity contribution in [2.75, 3.05) is 5.32 Å². The van der Waals surface area contributed by atoms with E-state index in [4.69, 9.17) is 4.74 Å². The molecule has 1 amide bonds. The molecule has 2 aromatic carbocycles. The Morgan fingerprint density at radius 3 is 2.29 bits per heavy atom. The molecule has 0 saturated carbocycles. The van der Waals surface area contributed by atoms with Gasteiger partial charge in [-0.05, 0) is 57.0 Å². The molecule has 0 aliphatic rings. The van der Waals surface area contributed by atoms with E-state index >= 15 is 0 Å². The second kappa shape index (κ2) is 6.44. The number of hydrogen-bond acceptors (Lipinski definition) is 2. The highest BCUT2D eigenvalue weighted by Crippen LogP contribution is 2.18. The van der Waals surface area contributed by atoms with E-state index in [2.05, 4.69) is 5.32 Å². The lowest BCUT2D eigenvalue weighted by Gasteiger charge is -2.16. The number of carbonyl (C=O) groups excluding carboxylic acids is 1. The summed E-state index contributed by atoms with van der Waals surface area (Å²) in [4.78, 5) is 12.2. The van der Waals surface area contributed by atoms with Crippen molar-refractivity contribution in [2.24, 2.45) is 0 Å². The van der Waals surface area contributed by atoms with Crippen LogP contribution in [-0.4, -0.2) is 12.0 Å². The summed E-state index contributed by atoms with van der Waals surface area (Å²) in [6, 6.07) is 13.7. The SMILES string of the molecule is Cc1ccc(OC(C)C(=O)Nc2cc(C)ccc2C)cc1. The van der Waals surface area contributed by atoms with Crippen molar-refractivity contribution in [1.29, 1.82) is 0 Å². The molecule has 1 N–H and O–H groups in total. The van der Waals surface area contributed by atoms with E-state index in [1.54, 1.807) is 6.92 Å². The lowest BCUT2D eigenvalue weighted by atomic mass is 10.1. The summed E-state index contributed by atoms with van der Waals surface area (Å²) in [6.45, 7) is 7.74. The molecule has 0 bridgehead atoms. The van der Waals surface area contributed by atoms with Gasteiger partial charge in [0, 0.05) is 5.69 Å². The number of ether oxygens (including phenoxy) is 1. The molecule has 0 aliphatic carbocycles. The highest BCUT2D eigenvalue weighted by molar-refractivity contribution is 5.94. The smallest absolute Gasteiger partial charge is 0.265 e. The Hall–Kier alpha value is -2.29. The molecule has 2 rings (SSSR count). The summed E-state index contributed by atoms with van der Waals surface area (Å²) in [5.41, 5.74) is 4.15. The van der Waals surface area contributed by atoms with Crippen LogP contribution in [0, 0.1) is 20.8 Å². The normalized spacial score (nSPS) is 11.8. The molecular weight excluding hydrogens is 262 g/mol. The predicted molar refractivity (Wildman–Crippen MR) is 85.8 cm³/mol. The third-order valence-electron chi connectivity index (χ3n) is 3.35. The summed E-state index contributed by atoms with van der Waals surface area (Å²) in [5.74, 6) is 0.550. The Bertz CT molecular complexity index is 632. The number of aryl methyl sites for hydroxylation is 3. The lowest BCUT2D eigenvalue weighted by molar-refractivity contribution is -0.122. The van der Waals surface area contributed by atoms with Crippen molar-refractivity contribution in [3.05, 3.63) is 59.2 Å². The molecule has 3 heteroatoms. The molecule has 0 saturated heterocycles. The summed E-state index contributed by atoms with van der Waals surface area (Å²) in [5, 5.41) is 2.92. The molecule has 0 heterocycles. The first-order valence-electron chi connectivity index (χ1n) is 7.07. The van der Waals surface area contributed by atoms with Gasteiger partial charge in [-0.3, -0.25) is 4.79 Å². The summed E-state index contributed by atoms with van der Waals surface area (Å²) >= 11 is 0. The van der Waals surface area contributed by atoms with Crippen molar-refractivity contribution in [3.63, 3.8) is 0 Å². The second-order valence-electron chi connectivity index (χ2n) is 5.38. The Morgan fingerprint density at radius 2 is 1.62 bits per heavy atom. The molecule has 110 valence electrons. The zero-order valence-corrected chi connectivity index (χ0v) is 12.9. The van der Waals surface area contributed by atoms with Gasteiger partial charge < -0.3 is 10.1 Å². The fourth-order valence-electron chi connectivity index (χ4n) is 1.98. The molecular formula is C18H21NO2. The van der Waals surface area contributed by atoms with Gasteiger partial charge in [0.1, 0.15) is 5.75 Å². The molecule has 1 atom stereocenters. The molecule has 0 spiro atoms. The minimum absolute atomic E-state index is 0.149. The van der Waals surface area contributed by atoms with E-state index in [1.807, 2.05) is 63.2 Å². The van der Waals surface area contributed by atoms with Gasteiger partial charge in [0.05, 0.1) is 0 Å². The van der Waals surface area contributed by atoms with Crippen molar-refractivity contribution >= 4 is 11.6 Å². The van der Waals surface area contributed by atoms with Crippen LogP contribution in [-0.2, 0) is 4.79 Å². The van der Waals surface area contributed by atoms with E-state index in [0.29, 0.717) is 5.75 Å². The van der Waals surface area contributed by atoms with Crippen LogP contribution in [0.1, 0.15) is 23.6 Å². The number of rotatable bonds is 4. The quantitative estimate of drug-likeness (QED) is 0.920. The standard InChI is InChI=1S/C18H21NO2/c1-12-6-9-16(10-7-12)21-15(4)18(20)19-17-11-13(2)5-8-14(17)3/h5-11,15H,1-4H3,(H,19,20). The van der Waals surface area contributed by atoms with Gasteiger partial charge in [0.15, 0.2) is 6.10 Å². The Labute approximate surface area is 126 Å². The number of amides is 1. The van der Waals surface area contributed by atoms with E-state index in [-0.39, 0.29) is 5.91 Å². The van der Waals surface area contributed by atoms with Gasteiger partial charge in [0.2, 0.25) is 0 Å². The van der Waals surface area contributed by atoms with E-state index < -0.39 is 6.10 Å². The third-order valence-corrected chi connectivity index (χ3v) is 3.35. The maximum Gasteiger partial charge on any atom is 0.265 e. The lowest BCUT2D eigenvalue weighted by Crippen LogP contribution is -2.30. The zero-order chi connectivity index (χ0) is 15.4. The third kappa shape index (κ3) is 4.09. The Kier molecular flexibility index (Phi) is 4.63. The van der Waals surface area contributed by atoms with Crippen LogP contribution in [0.15, 0.2) is 42.5 Å². The Balaban J connectivity index is 2.02. The molecule has 1 unspecified atom stereocenters. The molecule has 0 aliphatic heterocycles. The molecule has 0 fully saturated rings. The minimum atomic E-state index is -0.549. The van der Waals surface area contributed by atoms with Crippen LogP contribution in [0.25, 0.3) is 0 Å². The number of hydrogen-bond donors (Lipinski definition) is 1. The van der Waals surface area contributed by atoms with Gasteiger partial charge >= 0.3 is 0 Å². The molecule has 3 nitrogen and oxygen atoms in total. The second-order valence-corrected chi connectivity index (χ2v) is 5.38. The van der Waals surface area contributed by atoms with Gasteiger partial charge in [-0.15, -0.1) is 0 Å². The monoisotopic (exact) mass is 283 g/mol. The fourth-order valence-corrected chi connectivity index (χ4v) is 1.98. The number of nitrogens with one attached hydrogen (secondary N) is 1. The van der Waals surface area contributed by atoms with Crippen molar-refractivity contribution in [1.82, 2.24) is 0 Å². The van der Waals surface area contributed by atoms with Crippen LogP contribution in [0.5, 0.6) is 5.75 Å². The van der Waals surface area contributed by atoms with Crippen LogP contribution >= 0.6 is 0 Å². The first kappa shape index (κ1) is 15.1. The van der Waals surface area contributed by atoms with Crippen LogP contribution in [0.3, 0.4) is 0 Å². The number of anilines is 1. The zero-order valence-electron chi connectivity index (χ0n) is 12.9. The van der Waals surface area contributed by atoms with E-state index in [0.717, 1.165) is 22.4 Å². The fraction of sp³-hybridized carbons (Fsp3) is 0.278. The average Bonchev–Trinajstić information content (AvgIpc) is 2.45. The van der Waals surface area contributed by atoms with Gasteiger partial charge in [-0.2, -0.15) is 0 Å². The van der Waals surface area contributed by atoms with Crippen LogP contribution in [0.2, 0.25) is 0 Å². The van der Waals surface area contributed by atoms with Crippen LogP contribution < -0.4 is 10.1 Å². The average molecular weight is 283 g/mol. The maximum absolute atomic E-state index is 12.2. The number of benzene rings is 2. The molecule has 2 aromatic rings. The van der Waals surface area contributed by atoms with E-state index in [1.165, 1.54) is 0 Å². The van der Waals surface area contributed by atoms with Crippen LogP contribution in [0.4, 0.5) is 5.69 Å². The van der Waals surface area contributed by atoms with Crippen molar-refractivity contribution < 1.29 is 9.53 Å². The van der Waals surface area contributed by atoms with Crippen molar-refractivity contribution in [3.8, 4) is 5.75 Å². The first-order chi connectivity index (χ1) is 9.95. The Morgan fingerprint density at radius 1 is 1.00 bits per heavy atom. The first-order valence-corrected chi connectivity index (χ1v) is 7.07. The van der Waals surface area contributed by atoms with Crippen molar-refractivity contribution in [2.45, 2.75) is 33.8 Å². The highest BCUT2D eigenvalue weighted by Gasteiger charge is 2.15.